The highest BCUT2D eigenvalue weighted by atomic mass is 32.2. The number of imidazole rings is 1. The van der Waals surface area contributed by atoms with Gasteiger partial charge in [0, 0.05) is 13.3 Å². The van der Waals surface area contributed by atoms with Crippen molar-refractivity contribution in [2.75, 3.05) is 13.3 Å². The number of benzene rings is 2. The van der Waals surface area contributed by atoms with E-state index in [0.29, 0.717) is 11.0 Å². The predicted molar refractivity (Wildman–Crippen MR) is 100 cm³/mol. The molecule has 6 nitrogen and oxygen atoms in total. The van der Waals surface area contributed by atoms with E-state index >= 15 is 0 Å². The Balaban J connectivity index is 1.94. The van der Waals surface area contributed by atoms with Crippen LogP contribution >= 0.6 is 0 Å². The van der Waals surface area contributed by atoms with Gasteiger partial charge in [0.05, 0.1) is 17.1 Å². The van der Waals surface area contributed by atoms with Crippen LogP contribution in [0.2, 0.25) is 0 Å². The summed E-state index contributed by atoms with van der Waals surface area (Å²) in [5.41, 5.74) is 2.20. The van der Waals surface area contributed by atoms with Crippen molar-refractivity contribution in [2.24, 2.45) is 0 Å². The van der Waals surface area contributed by atoms with Crippen molar-refractivity contribution >= 4 is 26.8 Å². The number of carbonyl (C=O) groups excluding carboxylic acids is 1. The number of amides is 1. The second kappa shape index (κ2) is 6.92. The molecular weight excluding hydrogens is 350 g/mol. The monoisotopic (exact) mass is 371 g/mol. The molecule has 1 amide bonds. The summed E-state index contributed by atoms with van der Waals surface area (Å²) in [5.74, 6) is -0.186. The third-order valence-corrected chi connectivity index (χ3v) is 5.48. The first-order valence-electron chi connectivity index (χ1n) is 8.25. The Labute approximate surface area is 153 Å². The fourth-order valence-electron chi connectivity index (χ4n) is 2.91. The Morgan fingerprint density at radius 3 is 2.38 bits per heavy atom. The molecule has 0 N–H and O–H groups in total. The summed E-state index contributed by atoms with van der Waals surface area (Å²) in [4.78, 5) is 18.7. The molecule has 1 aromatic heterocycles. The number of fused-ring (bicyclic) bond motifs is 1. The summed E-state index contributed by atoms with van der Waals surface area (Å²) >= 11 is 0. The van der Waals surface area contributed by atoms with Crippen LogP contribution in [0, 0.1) is 0 Å². The molecule has 3 aromatic rings. The van der Waals surface area contributed by atoms with Gasteiger partial charge in [-0.2, -0.15) is 0 Å². The van der Waals surface area contributed by atoms with E-state index in [-0.39, 0.29) is 23.7 Å². The highest BCUT2D eigenvalue weighted by Gasteiger charge is 2.24. The molecule has 0 spiro atoms. The topological polar surface area (TPSA) is 72.3 Å². The highest BCUT2D eigenvalue weighted by Crippen LogP contribution is 2.22. The lowest BCUT2D eigenvalue weighted by Gasteiger charge is -2.26. The number of carbonyl (C=O) groups is 1. The summed E-state index contributed by atoms with van der Waals surface area (Å²) in [5, 5.41) is -0.0900. The third kappa shape index (κ3) is 3.48. The number of hydrogen-bond acceptors (Lipinski definition) is 4. The van der Waals surface area contributed by atoms with Crippen molar-refractivity contribution in [1.29, 1.82) is 0 Å². The van der Waals surface area contributed by atoms with E-state index < -0.39 is 9.84 Å². The molecule has 0 aliphatic heterocycles. The van der Waals surface area contributed by atoms with Gasteiger partial charge in [0.2, 0.25) is 20.9 Å². The average Bonchev–Trinajstić information content (AvgIpc) is 3.00. The smallest absolute Gasteiger partial charge is 0.242 e. The number of likely N-dealkylation sites (N-methyl/N-ethyl adjacent to an activating group) is 1. The Morgan fingerprint density at radius 1 is 1.12 bits per heavy atom. The average molecular weight is 371 g/mol. The molecule has 136 valence electrons. The number of nitrogens with zero attached hydrogens (tertiary/aromatic N) is 3. The van der Waals surface area contributed by atoms with Gasteiger partial charge in [-0.25, -0.2) is 13.4 Å². The van der Waals surface area contributed by atoms with Crippen LogP contribution in [-0.4, -0.2) is 42.1 Å². The minimum Gasteiger partial charge on any atom is -0.337 e. The summed E-state index contributed by atoms with van der Waals surface area (Å²) in [6.45, 7) is 1.85. The van der Waals surface area contributed by atoms with Crippen molar-refractivity contribution < 1.29 is 13.2 Å². The lowest BCUT2D eigenvalue weighted by Crippen LogP contribution is -2.33. The van der Waals surface area contributed by atoms with Crippen LogP contribution in [0.25, 0.3) is 11.0 Å². The zero-order valence-corrected chi connectivity index (χ0v) is 15.8. The van der Waals surface area contributed by atoms with E-state index in [9.17, 15) is 13.2 Å². The van der Waals surface area contributed by atoms with Crippen molar-refractivity contribution in [1.82, 2.24) is 14.5 Å². The molecule has 7 heteroatoms. The molecule has 0 radical (unpaired) electrons. The van der Waals surface area contributed by atoms with E-state index in [4.69, 9.17) is 0 Å². The highest BCUT2D eigenvalue weighted by molar-refractivity contribution is 7.90. The van der Waals surface area contributed by atoms with Gasteiger partial charge in [0.15, 0.2) is 0 Å². The van der Waals surface area contributed by atoms with Gasteiger partial charge in [-0.3, -0.25) is 4.79 Å². The van der Waals surface area contributed by atoms with Crippen molar-refractivity contribution in [3.8, 4) is 0 Å². The lowest BCUT2D eigenvalue weighted by atomic mass is 10.1. The Bertz CT molecular complexity index is 1040. The molecule has 0 bridgehead atoms. The largest absolute Gasteiger partial charge is 0.337 e. The maximum atomic E-state index is 12.8. The van der Waals surface area contributed by atoms with Gasteiger partial charge >= 0.3 is 0 Å². The van der Waals surface area contributed by atoms with Gasteiger partial charge < -0.3 is 9.47 Å². The van der Waals surface area contributed by atoms with E-state index in [2.05, 4.69) is 4.98 Å². The van der Waals surface area contributed by atoms with E-state index in [1.54, 1.807) is 36.2 Å². The maximum absolute atomic E-state index is 12.8. The number of sulfone groups is 1. The van der Waals surface area contributed by atoms with Gasteiger partial charge in [-0.1, -0.05) is 42.5 Å². The summed E-state index contributed by atoms with van der Waals surface area (Å²) in [7, 11) is -1.84. The normalized spacial score (nSPS) is 12.9. The minimum atomic E-state index is -3.56. The number of para-hydroxylation sites is 2. The molecule has 26 heavy (non-hydrogen) atoms. The number of aromatic nitrogens is 2. The molecule has 3 rings (SSSR count). The predicted octanol–water partition coefficient (Wildman–Crippen LogP) is 2.66. The lowest BCUT2D eigenvalue weighted by molar-refractivity contribution is -0.132. The first-order chi connectivity index (χ1) is 12.3. The molecule has 0 aliphatic carbocycles. The molecule has 0 saturated carbocycles. The van der Waals surface area contributed by atoms with Crippen molar-refractivity contribution in [3.05, 3.63) is 60.2 Å². The van der Waals surface area contributed by atoms with Gasteiger partial charge in [-0.05, 0) is 24.6 Å². The van der Waals surface area contributed by atoms with E-state index in [0.717, 1.165) is 11.8 Å². The van der Waals surface area contributed by atoms with Crippen LogP contribution in [0.3, 0.4) is 0 Å². The second-order valence-corrected chi connectivity index (χ2v) is 8.24. The first-order valence-corrected chi connectivity index (χ1v) is 10.1. The number of hydrogen-bond donors (Lipinski definition) is 0. The van der Waals surface area contributed by atoms with E-state index in [1.165, 1.54) is 4.57 Å². The zero-order chi connectivity index (χ0) is 18.9. The summed E-state index contributed by atoms with van der Waals surface area (Å²) < 4.78 is 25.7. The van der Waals surface area contributed by atoms with Crippen LogP contribution in [0.1, 0.15) is 18.5 Å². The maximum Gasteiger partial charge on any atom is 0.242 e. The summed E-state index contributed by atoms with van der Waals surface area (Å²) in [6, 6.07) is 16.7. The molecular formula is C19H21N3O3S. The molecule has 2 aromatic carbocycles. The van der Waals surface area contributed by atoms with Crippen LogP contribution in [-0.2, 0) is 21.2 Å². The number of rotatable bonds is 5. The molecule has 0 aliphatic rings. The second-order valence-electron chi connectivity index (χ2n) is 6.33. The first kappa shape index (κ1) is 18.1. The van der Waals surface area contributed by atoms with Crippen molar-refractivity contribution in [3.63, 3.8) is 0 Å². The third-order valence-electron chi connectivity index (χ3n) is 4.50. The fourth-order valence-corrected chi connectivity index (χ4v) is 3.73. The fraction of sp³-hybridized carbons (Fsp3) is 0.263. The minimum absolute atomic E-state index is 0.0867. The standard InChI is InChI=1S/C19H21N3O3S/c1-14(15-9-5-4-6-10-15)21(2)18(23)13-22-17-12-8-7-11-16(17)20-19(22)26(3,24)25/h4-12,14H,13H2,1-3H3/t14-/m0/s1. The Hall–Kier alpha value is -2.67. The van der Waals surface area contributed by atoms with Crippen molar-refractivity contribution in [2.45, 2.75) is 24.7 Å². The Morgan fingerprint density at radius 2 is 1.73 bits per heavy atom. The molecule has 1 heterocycles. The molecule has 1 atom stereocenters. The van der Waals surface area contributed by atoms with Crippen LogP contribution in [0.5, 0.6) is 0 Å². The van der Waals surface area contributed by atoms with Gasteiger partial charge in [-0.15, -0.1) is 0 Å². The van der Waals surface area contributed by atoms with E-state index in [1.807, 2.05) is 37.3 Å². The molecule has 0 unspecified atom stereocenters. The van der Waals surface area contributed by atoms with Gasteiger partial charge in [0.1, 0.15) is 6.54 Å². The summed E-state index contributed by atoms with van der Waals surface area (Å²) in [6.07, 6.45) is 1.10. The SMILES string of the molecule is C[C@@H](c1ccccc1)N(C)C(=O)Cn1c(S(C)(=O)=O)nc2ccccc21. The zero-order valence-electron chi connectivity index (χ0n) is 15.0. The molecule has 0 saturated heterocycles. The quantitative estimate of drug-likeness (QED) is 0.691. The van der Waals surface area contributed by atoms with Crippen LogP contribution < -0.4 is 0 Å². The van der Waals surface area contributed by atoms with Crippen LogP contribution in [0.4, 0.5) is 0 Å². The van der Waals surface area contributed by atoms with Gasteiger partial charge in [0.25, 0.3) is 0 Å². The Kier molecular flexibility index (Phi) is 4.82. The molecule has 0 fully saturated rings. The van der Waals surface area contributed by atoms with Crippen LogP contribution in [0.15, 0.2) is 59.8 Å².